The van der Waals surface area contributed by atoms with Gasteiger partial charge in [0.05, 0.1) is 16.1 Å². The van der Waals surface area contributed by atoms with Gasteiger partial charge >= 0.3 is 0 Å². The Hall–Kier alpha value is -2.93. The summed E-state index contributed by atoms with van der Waals surface area (Å²) in [7, 11) is 0. The average molecular weight is 403 g/mol. The molecular weight excluding hydrogens is 383 g/mol. The van der Waals surface area contributed by atoms with Gasteiger partial charge in [-0.05, 0) is 36.2 Å². The summed E-state index contributed by atoms with van der Waals surface area (Å²) in [5.74, 6) is -1.34. The number of aromatic amines is 1. The summed E-state index contributed by atoms with van der Waals surface area (Å²) in [4.78, 5) is 32.7. The zero-order chi connectivity index (χ0) is 20.3. The molecular formula is C20H20ClFN4O2. The second kappa shape index (κ2) is 8.39. The van der Waals surface area contributed by atoms with Gasteiger partial charge in [0.2, 0.25) is 11.9 Å². The van der Waals surface area contributed by atoms with E-state index in [0.717, 1.165) is 17.1 Å². The maximum atomic E-state index is 13.3. The lowest BCUT2D eigenvalue weighted by Gasteiger charge is -2.23. The molecule has 0 saturated carbocycles. The van der Waals surface area contributed by atoms with Crippen LogP contribution < -0.4 is 10.6 Å². The Balaban J connectivity index is 1.77. The van der Waals surface area contributed by atoms with Gasteiger partial charge in [0.1, 0.15) is 11.9 Å². The van der Waals surface area contributed by atoms with E-state index in [2.05, 4.69) is 20.6 Å². The van der Waals surface area contributed by atoms with Gasteiger partial charge in [-0.3, -0.25) is 14.9 Å². The van der Waals surface area contributed by atoms with Crippen LogP contribution in [-0.2, 0) is 4.79 Å². The number of halogens is 2. The first-order chi connectivity index (χ1) is 13.4. The number of nitrogens with one attached hydrogen (secondary N) is 3. The monoisotopic (exact) mass is 402 g/mol. The number of rotatable bonds is 6. The predicted octanol–water partition coefficient (Wildman–Crippen LogP) is 4.14. The molecule has 3 rings (SSSR count). The Labute approximate surface area is 166 Å². The number of imidazole rings is 1. The van der Waals surface area contributed by atoms with Crippen molar-refractivity contribution in [2.45, 2.75) is 26.3 Å². The molecule has 2 atom stereocenters. The van der Waals surface area contributed by atoms with Crippen LogP contribution >= 0.6 is 11.6 Å². The van der Waals surface area contributed by atoms with Crippen LogP contribution in [0.3, 0.4) is 0 Å². The van der Waals surface area contributed by atoms with Crippen molar-refractivity contribution < 1.29 is 14.0 Å². The van der Waals surface area contributed by atoms with Crippen molar-refractivity contribution in [1.82, 2.24) is 15.3 Å². The normalized spacial score (nSPS) is 13.1. The zero-order valence-electron chi connectivity index (χ0n) is 15.4. The van der Waals surface area contributed by atoms with Crippen molar-refractivity contribution in [3.05, 3.63) is 58.9 Å². The Kier molecular flexibility index (Phi) is 5.94. The average Bonchev–Trinajstić information content (AvgIpc) is 3.09. The van der Waals surface area contributed by atoms with E-state index in [-0.39, 0.29) is 16.5 Å². The summed E-state index contributed by atoms with van der Waals surface area (Å²) in [6.45, 7) is 3.79. The third-order valence-electron chi connectivity index (χ3n) is 4.59. The summed E-state index contributed by atoms with van der Waals surface area (Å²) in [5.41, 5.74) is 1.70. The number of aromatic nitrogens is 2. The molecule has 0 aliphatic heterocycles. The van der Waals surface area contributed by atoms with Crippen molar-refractivity contribution in [1.29, 1.82) is 0 Å². The Morgan fingerprint density at radius 2 is 2.00 bits per heavy atom. The van der Waals surface area contributed by atoms with Crippen LogP contribution in [0.25, 0.3) is 11.0 Å². The molecule has 0 unspecified atom stereocenters. The highest BCUT2D eigenvalue weighted by Gasteiger charge is 2.27. The number of nitrogens with zero attached hydrogens (tertiary/aromatic N) is 1. The molecule has 3 N–H and O–H groups in total. The Morgan fingerprint density at radius 3 is 2.68 bits per heavy atom. The summed E-state index contributed by atoms with van der Waals surface area (Å²) in [5, 5.41) is 5.28. The molecule has 0 saturated heterocycles. The number of amides is 2. The van der Waals surface area contributed by atoms with Crippen LogP contribution in [-0.4, -0.2) is 27.8 Å². The fourth-order valence-corrected chi connectivity index (χ4v) is 2.95. The van der Waals surface area contributed by atoms with E-state index in [0.29, 0.717) is 12.4 Å². The Bertz CT molecular complexity index is 987. The highest BCUT2D eigenvalue weighted by Crippen LogP contribution is 2.18. The van der Waals surface area contributed by atoms with E-state index in [1.807, 2.05) is 38.1 Å². The molecule has 1 aromatic heterocycles. The maximum absolute atomic E-state index is 13.3. The molecule has 28 heavy (non-hydrogen) atoms. The summed E-state index contributed by atoms with van der Waals surface area (Å²) in [6, 6.07) is 10.3. The quantitative estimate of drug-likeness (QED) is 0.579. The van der Waals surface area contributed by atoms with Gasteiger partial charge in [-0.25, -0.2) is 9.37 Å². The molecule has 1 heterocycles. The molecule has 3 aromatic rings. The molecule has 0 aliphatic carbocycles. The molecule has 0 aliphatic rings. The van der Waals surface area contributed by atoms with Gasteiger partial charge in [-0.2, -0.15) is 0 Å². The molecule has 0 spiro atoms. The second-order valence-electron chi connectivity index (χ2n) is 6.56. The third kappa shape index (κ3) is 4.31. The van der Waals surface area contributed by atoms with Gasteiger partial charge in [0, 0.05) is 5.56 Å². The number of carbonyl (C=O) groups is 2. The molecule has 0 radical (unpaired) electrons. The minimum Gasteiger partial charge on any atom is -0.340 e. The summed E-state index contributed by atoms with van der Waals surface area (Å²) in [6.07, 6.45) is 0.669. The van der Waals surface area contributed by atoms with Crippen LogP contribution in [0.5, 0.6) is 0 Å². The first-order valence-corrected chi connectivity index (χ1v) is 9.28. The van der Waals surface area contributed by atoms with E-state index >= 15 is 0 Å². The van der Waals surface area contributed by atoms with Crippen LogP contribution in [0.2, 0.25) is 5.02 Å². The van der Waals surface area contributed by atoms with E-state index in [1.54, 1.807) is 0 Å². The smallest absolute Gasteiger partial charge is 0.251 e. The first kappa shape index (κ1) is 19.8. The van der Waals surface area contributed by atoms with E-state index in [9.17, 15) is 14.0 Å². The van der Waals surface area contributed by atoms with E-state index in [1.165, 1.54) is 12.1 Å². The topological polar surface area (TPSA) is 86.9 Å². The summed E-state index contributed by atoms with van der Waals surface area (Å²) >= 11 is 5.75. The van der Waals surface area contributed by atoms with Gasteiger partial charge in [0.15, 0.2) is 0 Å². The lowest BCUT2D eigenvalue weighted by molar-refractivity contribution is -0.119. The summed E-state index contributed by atoms with van der Waals surface area (Å²) < 4.78 is 13.3. The number of H-pyrrole nitrogens is 1. The van der Waals surface area contributed by atoms with Crippen LogP contribution in [0, 0.1) is 11.7 Å². The van der Waals surface area contributed by atoms with Crippen molar-refractivity contribution in [3.63, 3.8) is 0 Å². The van der Waals surface area contributed by atoms with Gasteiger partial charge in [-0.15, -0.1) is 0 Å². The number of fused-ring (bicyclic) bond motifs is 1. The van der Waals surface area contributed by atoms with Crippen LogP contribution in [0.15, 0.2) is 42.5 Å². The fraction of sp³-hybridized carbons (Fsp3) is 0.250. The standard InChI is InChI=1S/C20H20ClFN4O2/c1-3-11(2)17(25-18(27)12-8-9-14(22)13(21)10-12)19(28)26-20-23-15-6-4-5-7-16(15)24-20/h4-11,17H,3H2,1-2H3,(H,25,27)(H2,23,24,26,28)/t11-,17-/m1/s1. The van der Waals surface area contributed by atoms with Gasteiger partial charge in [-0.1, -0.05) is 44.0 Å². The predicted molar refractivity (Wildman–Crippen MR) is 107 cm³/mol. The second-order valence-corrected chi connectivity index (χ2v) is 6.96. The molecule has 0 fully saturated rings. The fourth-order valence-electron chi connectivity index (χ4n) is 2.77. The van der Waals surface area contributed by atoms with E-state index in [4.69, 9.17) is 11.6 Å². The zero-order valence-corrected chi connectivity index (χ0v) is 16.2. The molecule has 146 valence electrons. The first-order valence-electron chi connectivity index (χ1n) is 8.90. The van der Waals surface area contributed by atoms with Gasteiger partial charge < -0.3 is 10.3 Å². The van der Waals surface area contributed by atoms with Crippen molar-refractivity contribution in [2.75, 3.05) is 5.32 Å². The number of para-hydroxylation sites is 2. The Morgan fingerprint density at radius 1 is 1.25 bits per heavy atom. The van der Waals surface area contributed by atoms with Crippen LogP contribution in [0.1, 0.15) is 30.6 Å². The molecule has 6 nitrogen and oxygen atoms in total. The highest BCUT2D eigenvalue weighted by atomic mass is 35.5. The van der Waals surface area contributed by atoms with Crippen molar-refractivity contribution in [3.8, 4) is 0 Å². The number of hydrogen-bond donors (Lipinski definition) is 3. The number of hydrogen-bond acceptors (Lipinski definition) is 3. The largest absolute Gasteiger partial charge is 0.340 e. The van der Waals surface area contributed by atoms with Crippen molar-refractivity contribution in [2.24, 2.45) is 5.92 Å². The number of benzene rings is 2. The lowest BCUT2D eigenvalue weighted by atomic mass is 9.98. The molecule has 2 aromatic carbocycles. The maximum Gasteiger partial charge on any atom is 0.251 e. The molecule has 0 bridgehead atoms. The molecule has 2 amide bonds. The lowest BCUT2D eigenvalue weighted by Crippen LogP contribution is -2.47. The van der Waals surface area contributed by atoms with Crippen molar-refractivity contribution >= 4 is 40.4 Å². The SMILES string of the molecule is CC[C@@H](C)[C@@H](NC(=O)c1ccc(F)c(Cl)c1)C(=O)Nc1nc2ccccc2[nH]1. The number of carbonyl (C=O) groups excluding carboxylic acids is 2. The van der Waals surface area contributed by atoms with E-state index < -0.39 is 23.7 Å². The third-order valence-corrected chi connectivity index (χ3v) is 4.88. The molecule has 8 heteroatoms. The minimum atomic E-state index is -0.797. The van der Waals surface area contributed by atoms with Crippen LogP contribution in [0.4, 0.5) is 10.3 Å². The minimum absolute atomic E-state index is 0.135. The van der Waals surface area contributed by atoms with Gasteiger partial charge in [0.25, 0.3) is 5.91 Å². The number of anilines is 1. The highest BCUT2D eigenvalue weighted by molar-refractivity contribution is 6.31.